The molecular formula is C58H42N2O. The number of hydrogen-bond acceptors (Lipinski definition) is 3. The predicted octanol–water partition coefficient (Wildman–Crippen LogP) is 15.5. The van der Waals surface area contributed by atoms with Crippen molar-refractivity contribution < 1.29 is 4.42 Å². The molecule has 9 aromatic carbocycles. The molecule has 0 amide bonds. The molecule has 0 fully saturated rings. The quantitative estimate of drug-likeness (QED) is 0.167. The van der Waals surface area contributed by atoms with Crippen molar-refractivity contribution >= 4 is 56.1 Å². The summed E-state index contributed by atoms with van der Waals surface area (Å²) in [6.45, 7) is 4.76. The zero-order valence-electron chi connectivity index (χ0n) is 34.1. The molecule has 3 heteroatoms. The normalized spacial score (nSPS) is 14.0. The lowest BCUT2D eigenvalue weighted by molar-refractivity contribution is 0.563. The number of benzene rings is 9. The van der Waals surface area contributed by atoms with Crippen LogP contribution in [0.4, 0.5) is 34.1 Å². The van der Waals surface area contributed by atoms with Crippen molar-refractivity contribution in [3.8, 4) is 11.1 Å². The Morgan fingerprint density at radius 2 is 0.820 bits per heavy atom. The van der Waals surface area contributed by atoms with Crippen LogP contribution in [0.5, 0.6) is 0 Å². The van der Waals surface area contributed by atoms with Crippen LogP contribution in [-0.4, -0.2) is 0 Å². The molecule has 2 aliphatic carbocycles. The van der Waals surface area contributed by atoms with E-state index in [1.165, 1.54) is 44.5 Å². The van der Waals surface area contributed by atoms with Crippen molar-refractivity contribution in [2.45, 2.75) is 24.7 Å². The molecule has 1 aromatic heterocycles. The number of para-hydroxylation sites is 4. The smallest absolute Gasteiger partial charge is 0.159 e. The average Bonchev–Trinajstić information content (AvgIpc) is 3.84. The fourth-order valence-electron chi connectivity index (χ4n) is 10.7. The Hall–Kier alpha value is -7.62. The monoisotopic (exact) mass is 782 g/mol. The standard InChI is InChI=1S/C58H42N2O/c1-57(2)49-26-12-14-28-51(49)58(52-29-15-13-27-50(52)57)48-25-11-9-22-44(48)45-37-36-43(38-53(45)58)60(54-30-17-24-47-46-23-10-16-31-55(46)61-56(47)54)42-34-32-41(33-35-42)59(39-18-5-3-6-19-39)40-20-7-4-8-21-40/h3-38H,1-2H3. The van der Waals surface area contributed by atoms with Gasteiger partial charge in [-0.25, -0.2) is 0 Å². The van der Waals surface area contributed by atoms with E-state index in [1.807, 2.05) is 6.07 Å². The van der Waals surface area contributed by atoms with Gasteiger partial charge in [-0.05, 0) is 117 Å². The Morgan fingerprint density at radius 3 is 1.48 bits per heavy atom. The molecule has 1 spiro atoms. The first-order valence-corrected chi connectivity index (χ1v) is 21.2. The molecule has 0 saturated carbocycles. The highest BCUT2D eigenvalue weighted by molar-refractivity contribution is 6.10. The number of furan rings is 1. The second-order valence-electron chi connectivity index (χ2n) is 16.9. The van der Waals surface area contributed by atoms with Crippen molar-refractivity contribution in [3.63, 3.8) is 0 Å². The van der Waals surface area contributed by atoms with Gasteiger partial charge in [0, 0.05) is 44.6 Å². The highest BCUT2D eigenvalue weighted by Gasteiger charge is 2.53. The SMILES string of the molecule is CC1(C)c2ccccc2C2(c3ccccc3-c3ccc(N(c4ccc(N(c5ccccc5)c5ccccc5)cc4)c4cccc5c4oc4ccccc45)cc32)c2ccccc21. The Bertz CT molecular complexity index is 3200. The second kappa shape index (κ2) is 13.5. The molecule has 0 N–H and O–H groups in total. The van der Waals surface area contributed by atoms with Crippen LogP contribution in [0.1, 0.15) is 47.2 Å². The maximum absolute atomic E-state index is 6.80. The van der Waals surface area contributed by atoms with Crippen LogP contribution in [0.3, 0.4) is 0 Å². The van der Waals surface area contributed by atoms with Crippen LogP contribution in [0, 0.1) is 0 Å². The molecule has 0 atom stereocenters. The molecule has 290 valence electrons. The van der Waals surface area contributed by atoms with Crippen LogP contribution in [0.2, 0.25) is 0 Å². The lowest BCUT2D eigenvalue weighted by atomic mass is 9.55. The first kappa shape index (κ1) is 35.3. The van der Waals surface area contributed by atoms with E-state index in [4.69, 9.17) is 4.42 Å². The molecule has 1 heterocycles. The van der Waals surface area contributed by atoms with Crippen LogP contribution in [0.15, 0.2) is 223 Å². The molecule has 0 radical (unpaired) electrons. The van der Waals surface area contributed by atoms with Gasteiger partial charge in [0.15, 0.2) is 5.58 Å². The Balaban J connectivity index is 1.11. The number of fused-ring (bicyclic) bond motifs is 12. The molecule has 0 bridgehead atoms. The zero-order chi connectivity index (χ0) is 40.7. The van der Waals surface area contributed by atoms with E-state index in [0.29, 0.717) is 0 Å². The number of anilines is 6. The Morgan fingerprint density at radius 1 is 0.344 bits per heavy atom. The molecular weight excluding hydrogens is 741 g/mol. The third kappa shape index (κ3) is 5.10. The topological polar surface area (TPSA) is 19.6 Å². The van der Waals surface area contributed by atoms with Gasteiger partial charge in [0.05, 0.1) is 11.1 Å². The van der Waals surface area contributed by atoms with E-state index in [2.05, 4.69) is 236 Å². The van der Waals surface area contributed by atoms with Crippen molar-refractivity contribution in [1.82, 2.24) is 0 Å². The number of nitrogens with zero attached hydrogens (tertiary/aromatic N) is 2. The highest BCUT2D eigenvalue weighted by Crippen LogP contribution is 2.62. The number of hydrogen-bond donors (Lipinski definition) is 0. The van der Waals surface area contributed by atoms with Gasteiger partial charge in [-0.2, -0.15) is 0 Å². The maximum Gasteiger partial charge on any atom is 0.159 e. The first-order valence-electron chi connectivity index (χ1n) is 21.2. The van der Waals surface area contributed by atoms with Gasteiger partial charge >= 0.3 is 0 Å². The number of rotatable bonds is 6. The van der Waals surface area contributed by atoms with Crippen LogP contribution in [0.25, 0.3) is 33.1 Å². The molecule has 61 heavy (non-hydrogen) atoms. The van der Waals surface area contributed by atoms with Gasteiger partial charge in [-0.1, -0.05) is 159 Å². The van der Waals surface area contributed by atoms with Crippen LogP contribution in [-0.2, 0) is 10.8 Å². The summed E-state index contributed by atoms with van der Waals surface area (Å²) in [5.74, 6) is 0. The molecule has 2 aliphatic rings. The average molecular weight is 783 g/mol. The van der Waals surface area contributed by atoms with Crippen molar-refractivity contribution in [2.24, 2.45) is 0 Å². The lowest BCUT2D eigenvalue weighted by Crippen LogP contribution is -2.40. The Labute approximate surface area is 356 Å². The maximum atomic E-state index is 6.80. The van der Waals surface area contributed by atoms with Gasteiger partial charge in [0.25, 0.3) is 0 Å². The Kier molecular flexibility index (Phi) is 7.79. The predicted molar refractivity (Wildman–Crippen MR) is 253 cm³/mol. The van der Waals surface area contributed by atoms with Gasteiger partial charge in [0.1, 0.15) is 5.58 Å². The minimum absolute atomic E-state index is 0.175. The lowest BCUT2D eigenvalue weighted by Gasteiger charge is -2.46. The molecule has 10 aromatic rings. The largest absolute Gasteiger partial charge is 0.454 e. The molecule has 12 rings (SSSR count). The fourth-order valence-corrected chi connectivity index (χ4v) is 10.7. The molecule has 0 saturated heterocycles. The zero-order valence-corrected chi connectivity index (χ0v) is 34.1. The summed E-state index contributed by atoms with van der Waals surface area (Å²) in [7, 11) is 0. The minimum atomic E-state index is -0.516. The summed E-state index contributed by atoms with van der Waals surface area (Å²) >= 11 is 0. The van der Waals surface area contributed by atoms with Crippen molar-refractivity contribution in [3.05, 3.63) is 252 Å². The molecule has 0 aliphatic heterocycles. The van der Waals surface area contributed by atoms with E-state index in [0.717, 1.165) is 56.1 Å². The summed E-state index contributed by atoms with van der Waals surface area (Å²) in [4.78, 5) is 4.70. The van der Waals surface area contributed by atoms with Crippen molar-refractivity contribution in [1.29, 1.82) is 0 Å². The van der Waals surface area contributed by atoms with Crippen molar-refractivity contribution in [2.75, 3.05) is 9.80 Å². The third-order valence-electron chi connectivity index (χ3n) is 13.3. The summed E-state index contributed by atoms with van der Waals surface area (Å²) in [5, 5.41) is 2.20. The van der Waals surface area contributed by atoms with Gasteiger partial charge < -0.3 is 14.2 Å². The summed E-state index contributed by atoms with van der Waals surface area (Å²) in [5.41, 5.74) is 18.0. The van der Waals surface area contributed by atoms with Gasteiger partial charge in [0.2, 0.25) is 0 Å². The highest BCUT2D eigenvalue weighted by atomic mass is 16.3. The second-order valence-corrected chi connectivity index (χ2v) is 16.9. The van der Waals surface area contributed by atoms with E-state index in [1.54, 1.807) is 0 Å². The van der Waals surface area contributed by atoms with Crippen LogP contribution < -0.4 is 9.80 Å². The summed E-state index contributed by atoms with van der Waals surface area (Å²) in [6, 6.07) is 79.5. The first-order chi connectivity index (χ1) is 30.0. The van der Waals surface area contributed by atoms with E-state index >= 15 is 0 Å². The summed E-state index contributed by atoms with van der Waals surface area (Å²) in [6.07, 6.45) is 0. The minimum Gasteiger partial charge on any atom is -0.454 e. The van der Waals surface area contributed by atoms with E-state index < -0.39 is 5.41 Å². The fraction of sp³-hybridized carbons (Fsp3) is 0.0690. The molecule has 0 unspecified atom stereocenters. The van der Waals surface area contributed by atoms with E-state index in [-0.39, 0.29) is 5.41 Å². The third-order valence-corrected chi connectivity index (χ3v) is 13.3. The summed E-state index contributed by atoms with van der Waals surface area (Å²) < 4.78 is 6.80. The van der Waals surface area contributed by atoms with Gasteiger partial charge in [-0.3, -0.25) is 0 Å². The molecule has 3 nitrogen and oxygen atoms in total. The van der Waals surface area contributed by atoms with Gasteiger partial charge in [-0.15, -0.1) is 0 Å². The van der Waals surface area contributed by atoms with Crippen LogP contribution >= 0.6 is 0 Å². The van der Waals surface area contributed by atoms with E-state index in [9.17, 15) is 0 Å².